The molecule has 0 aliphatic heterocycles. The zero-order valence-corrected chi connectivity index (χ0v) is 19.1. The van der Waals surface area contributed by atoms with Gasteiger partial charge in [0.15, 0.2) is 0 Å². The Morgan fingerprint density at radius 2 is 0.333 bits per heavy atom. The van der Waals surface area contributed by atoms with Crippen LogP contribution in [0.25, 0.3) is 0 Å². The smallest absolute Gasteiger partial charge is 1.00 e. The van der Waals surface area contributed by atoms with Crippen molar-refractivity contribution in [3.63, 3.8) is 0 Å². The second-order valence-electron chi connectivity index (χ2n) is 0. The maximum Gasteiger partial charge on any atom is 5.00 e. The Balaban J connectivity index is 0. The van der Waals surface area contributed by atoms with Crippen LogP contribution in [0.5, 0.6) is 0 Å². The number of halogens is 9. The summed E-state index contributed by atoms with van der Waals surface area (Å²) in [6, 6.07) is 0. The first kappa shape index (κ1) is 169. The molecular formula is Cl9LaLiTa. The summed E-state index contributed by atoms with van der Waals surface area (Å²) < 4.78 is 0. The quantitative estimate of drug-likeness (QED) is 0.230. The van der Waals surface area contributed by atoms with Crippen LogP contribution in [0.2, 0.25) is 0 Å². The molecule has 0 aromatic rings. The van der Waals surface area contributed by atoms with Gasteiger partial charge in [0.2, 0.25) is 0 Å². The largest absolute Gasteiger partial charge is 5.00 e. The summed E-state index contributed by atoms with van der Waals surface area (Å²) in [6.45, 7) is 0. The van der Waals surface area contributed by atoms with Crippen molar-refractivity contribution in [3.05, 3.63) is 0 Å². The zero-order valence-electron chi connectivity index (χ0n) is 5.43. The average molecular weight is 646 g/mol. The Kier molecular flexibility index (Phi) is 1970. The molecule has 0 N–H and O–H groups in total. The van der Waals surface area contributed by atoms with Gasteiger partial charge in [0.05, 0.1) is 0 Å². The van der Waals surface area contributed by atoms with Gasteiger partial charge < -0.3 is 112 Å². The SMILES string of the molecule is [Cl-].[Cl-].[Cl-].[Cl-].[Cl-].[Cl-].[Cl-].[Cl-].[Cl-].[La+3].[Li+].[Ta+5]. The van der Waals surface area contributed by atoms with Crippen molar-refractivity contribution in [2.45, 2.75) is 0 Å². The first-order chi connectivity index (χ1) is 0. The van der Waals surface area contributed by atoms with Gasteiger partial charge >= 0.3 is 76.8 Å². The van der Waals surface area contributed by atoms with Crippen molar-refractivity contribution in [1.82, 2.24) is 0 Å². The Hall–Kier alpha value is 5.14. The standard InChI is InChI=1S/9ClH.La.Li.Ta/h9*1H;;;/q;;;;;;;;;+3;+1;+5/p-9. The third kappa shape index (κ3) is 115. The minimum absolute atomic E-state index is 0. The summed E-state index contributed by atoms with van der Waals surface area (Å²) >= 11 is 0. The third-order valence-electron chi connectivity index (χ3n) is 0. The van der Waals surface area contributed by atoms with Gasteiger partial charge in [0, 0.05) is 0 Å². The maximum absolute atomic E-state index is 0. The monoisotopic (exact) mass is 642 g/mol. The topological polar surface area (TPSA) is 0 Å². The van der Waals surface area contributed by atoms with Crippen molar-refractivity contribution in [2.75, 3.05) is 0 Å². The number of hydrogen-bond donors (Lipinski definition) is 0. The third-order valence-corrected chi connectivity index (χ3v) is 0. The van der Waals surface area contributed by atoms with E-state index in [-0.39, 0.29) is 189 Å². The van der Waals surface area contributed by atoms with E-state index in [9.17, 15) is 0 Å². The second-order valence-corrected chi connectivity index (χ2v) is 0. The van der Waals surface area contributed by atoms with Crippen molar-refractivity contribution >= 4 is 0 Å². The second kappa shape index (κ2) is 140. The van der Waals surface area contributed by atoms with Crippen molar-refractivity contribution in [1.29, 1.82) is 0 Å². The predicted molar refractivity (Wildman–Crippen MR) is 0 cm³/mol. The first-order valence-corrected chi connectivity index (χ1v) is 0. The molecular weight excluding hydrogens is 646 g/mol. The Morgan fingerprint density at radius 3 is 0.333 bits per heavy atom. The molecule has 0 nitrogen and oxygen atoms in total. The van der Waals surface area contributed by atoms with E-state index in [4.69, 9.17) is 0 Å². The summed E-state index contributed by atoms with van der Waals surface area (Å²) in [5.74, 6) is 0. The summed E-state index contributed by atoms with van der Waals surface area (Å²) in [4.78, 5) is 0. The molecule has 0 aromatic carbocycles. The van der Waals surface area contributed by atoms with E-state index in [1.165, 1.54) is 0 Å². The maximum atomic E-state index is 0. The van der Waals surface area contributed by atoms with Crippen LogP contribution in [0.1, 0.15) is 0 Å². The molecule has 12 heavy (non-hydrogen) atoms. The minimum Gasteiger partial charge on any atom is -1.00 e. The van der Waals surface area contributed by atoms with Crippen molar-refractivity contribution < 1.29 is 189 Å². The molecule has 0 saturated heterocycles. The van der Waals surface area contributed by atoms with Crippen LogP contribution in [0.4, 0.5) is 0 Å². The van der Waals surface area contributed by atoms with E-state index in [1.807, 2.05) is 0 Å². The fourth-order valence-electron chi connectivity index (χ4n) is 0. The Labute approximate surface area is 185 Å². The van der Waals surface area contributed by atoms with E-state index in [2.05, 4.69) is 0 Å². The van der Waals surface area contributed by atoms with Crippen molar-refractivity contribution in [3.8, 4) is 0 Å². The Bertz CT molecular complexity index is 14.5. The summed E-state index contributed by atoms with van der Waals surface area (Å²) in [5.41, 5.74) is 0. The molecule has 0 bridgehead atoms. The van der Waals surface area contributed by atoms with Crippen LogP contribution in [0.3, 0.4) is 0 Å². The molecule has 0 radical (unpaired) electrons. The summed E-state index contributed by atoms with van der Waals surface area (Å²) in [7, 11) is 0. The van der Waals surface area contributed by atoms with Gasteiger partial charge in [-0.2, -0.15) is 0 Å². The van der Waals surface area contributed by atoms with Crippen LogP contribution in [0.15, 0.2) is 0 Å². The first-order valence-electron chi connectivity index (χ1n) is 0. The van der Waals surface area contributed by atoms with Gasteiger partial charge in [0.25, 0.3) is 0 Å². The average Bonchev–Trinajstić information content (AvgIpc) is 0. The minimum atomic E-state index is 0. The molecule has 0 aliphatic carbocycles. The van der Waals surface area contributed by atoms with E-state index >= 15 is 0 Å². The van der Waals surface area contributed by atoms with Gasteiger partial charge in [-0.1, -0.05) is 0 Å². The molecule has 0 heterocycles. The molecule has 0 aromatic heterocycles. The van der Waals surface area contributed by atoms with Gasteiger partial charge in [0.1, 0.15) is 0 Å². The van der Waals surface area contributed by atoms with E-state index in [0.29, 0.717) is 0 Å². The van der Waals surface area contributed by atoms with Crippen LogP contribution < -0.4 is 131 Å². The van der Waals surface area contributed by atoms with Gasteiger partial charge in [-0.25, -0.2) is 0 Å². The van der Waals surface area contributed by atoms with Crippen LogP contribution >= 0.6 is 0 Å². The molecule has 0 saturated carbocycles. The van der Waals surface area contributed by atoms with E-state index in [1.54, 1.807) is 0 Å². The van der Waals surface area contributed by atoms with Crippen LogP contribution in [-0.4, -0.2) is 0 Å². The predicted octanol–water partition coefficient (Wildman–Crippen LogP) is -30.0. The number of rotatable bonds is 0. The molecule has 0 amide bonds. The zero-order chi connectivity index (χ0) is 0. The molecule has 0 fully saturated rings. The molecule has 12 heteroatoms. The van der Waals surface area contributed by atoms with Gasteiger partial charge in [-0.05, 0) is 0 Å². The fraction of sp³-hybridized carbons (Fsp3) is 0. The van der Waals surface area contributed by atoms with Crippen molar-refractivity contribution in [2.24, 2.45) is 0 Å². The Morgan fingerprint density at radius 1 is 0.333 bits per heavy atom. The van der Waals surface area contributed by atoms with E-state index < -0.39 is 0 Å². The van der Waals surface area contributed by atoms with Crippen LogP contribution in [-0.2, 0) is 22.4 Å². The molecule has 0 aliphatic rings. The normalized spacial score (nSPS) is 0. The number of hydrogen-bond acceptors (Lipinski definition) is 0. The molecule has 0 unspecified atom stereocenters. The van der Waals surface area contributed by atoms with Gasteiger partial charge in [-0.3, -0.25) is 0 Å². The fourth-order valence-corrected chi connectivity index (χ4v) is 0. The molecule has 0 rings (SSSR count). The van der Waals surface area contributed by atoms with Gasteiger partial charge in [-0.15, -0.1) is 0 Å². The van der Waals surface area contributed by atoms with E-state index in [0.717, 1.165) is 0 Å². The molecule has 72 valence electrons. The molecule has 0 atom stereocenters. The summed E-state index contributed by atoms with van der Waals surface area (Å²) in [6.07, 6.45) is 0. The molecule has 0 spiro atoms. The van der Waals surface area contributed by atoms with Crippen LogP contribution in [0, 0.1) is 35.6 Å². The summed E-state index contributed by atoms with van der Waals surface area (Å²) in [5, 5.41) is 0.